The predicted molar refractivity (Wildman–Crippen MR) is 83.3 cm³/mol. The van der Waals surface area contributed by atoms with Crippen molar-refractivity contribution < 1.29 is 4.79 Å². The van der Waals surface area contributed by atoms with E-state index < -0.39 is 0 Å². The number of hydrogen-bond donors (Lipinski definition) is 2. The van der Waals surface area contributed by atoms with Gasteiger partial charge in [-0.15, -0.1) is 0 Å². The maximum absolute atomic E-state index is 12.1. The molecule has 0 saturated carbocycles. The molecule has 1 unspecified atom stereocenters. The van der Waals surface area contributed by atoms with Crippen LogP contribution in [0.3, 0.4) is 0 Å². The molecule has 0 aliphatic heterocycles. The van der Waals surface area contributed by atoms with Gasteiger partial charge in [0.25, 0.3) is 5.91 Å². The molecule has 1 aromatic heterocycles. The highest BCUT2D eigenvalue weighted by molar-refractivity contribution is 5.93. The Balaban J connectivity index is 1.96. The lowest BCUT2D eigenvalue weighted by Gasteiger charge is -2.13. The van der Waals surface area contributed by atoms with E-state index >= 15 is 0 Å². The van der Waals surface area contributed by atoms with Crippen molar-refractivity contribution in [2.75, 3.05) is 13.1 Å². The van der Waals surface area contributed by atoms with Crippen molar-refractivity contribution in [1.82, 2.24) is 15.1 Å². The molecule has 21 heavy (non-hydrogen) atoms. The summed E-state index contributed by atoms with van der Waals surface area (Å²) in [5.74, 6) is 0.343. The summed E-state index contributed by atoms with van der Waals surface area (Å²) in [4.78, 5) is 12.1. The first kappa shape index (κ1) is 15.3. The van der Waals surface area contributed by atoms with Gasteiger partial charge in [0.1, 0.15) is 0 Å². The Morgan fingerprint density at radius 3 is 2.81 bits per heavy atom. The lowest BCUT2D eigenvalue weighted by atomic mass is 10.0. The number of hydrogen-bond acceptors (Lipinski definition) is 3. The summed E-state index contributed by atoms with van der Waals surface area (Å²) in [6.07, 6.45) is 5.28. The number of rotatable bonds is 7. The summed E-state index contributed by atoms with van der Waals surface area (Å²) in [6.45, 7) is 3.42. The van der Waals surface area contributed by atoms with E-state index in [9.17, 15) is 4.79 Å². The van der Waals surface area contributed by atoms with Crippen LogP contribution in [0.1, 0.15) is 30.1 Å². The topological polar surface area (TPSA) is 72.9 Å². The molecule has 1 atom stereocenters. The van der Waals surface area contributed by atoms with E-state index in [4.69, 9.17) is 5.73 Å². The third-order valence-electron chi connectivity index (χ3n) is 3.57. The second-order valence-corrected chi connectivity index (χ2v) is 5.07. The van der Waals surface area contributed by atoms with Crippen LogP contribution in [0.25, 0.3) is 5.69 Å². The summed E-state index contributed by atoms with van der Waals surface area (Å²) >= 11 is 0. The maximum Gasteiger partial charge on any atom is 0.254 e. The highest BCUT2D eigenvalue weighted by Gasteiger charge is 2.11. The standard InChI is InChI=1S/C16H22N4O/c1-2-13(8-9-17)10-18-16(21)14-11-19-20(12-14)15-6-4-3-5-7-15/h3-7,11-13H,2,8-10,17H2,1H3,(H,18,21). The number of carbonyl (C=O) groups excluding carboxylic acids is 1. The van der Waals surface area contributed by atoms with Crippen molar-refractivity contribution in [3.8, 4) is 5.69 Å². The van der Waals surface area contributed by atoms with Crippen LogP contribution in [0, 0.1) is 5.92 Å². The highest BCUT2D eigenvalue weighted by atomic mass is 16.1. The quantitative estimate of drug-likeness (QED) is 0.817. The van der Waals surface area contributed by atoms with E-state index in [-0.39, 0.29) is 5.91 Å². The number of amides is 1. The molecular formula is C16H22N4O. The molecule has 0 aliphatic carbocycles. The zero-order chi connectivity index (χ0) is 15.1. The number of aromatic nitrogens is 2. The Hall–Kier alpha value is -2.14. The predicted octanol–water partition coefficient (Wildman–Crippen LogP) is 1.98. The van der Waals surface area contributed by atoms with Gasteiger partial charge in [-0.25, -0.2) is 4.68 Å². The zero-order valence-corrected chi connectivity index (χ0v) is 12.3. The number of nitrogens with one attached hydrogen (secondary N) is 1. The fourth-order valence-corrected chi connectivity index (χ4v) is 2.19. The smallest absolute Gasteiger partial charge is 0.254 e. The first-order chi connectivity index (χ1) is 10.2. The Labute approximate surface area is 125 Å². The molecule has 0 fully saturated rings. The molecular weight excluding hydrogens is 264 g/mol. The van der Waals surface area contributed by atoms with Crippen molar-refractivity contribution in [2.24, 2.45) is 11.7 Å². The molecule has 1 aromatic carbocycles. The van der Waals surface area contributed by atoms with Crippen LogP contribution < -0.4 is 11.1 Å². The van der Waals surface area contributed by atoms with E-state index in [1.807, 2.05) is 30.3 Å². The Morgan fingerprint density at radius 1 is 1.38 bits per heavy atom. The van der Waals surface area contributed by atoms with Gasteiger partial charge < -0.3 is 11.1 Å². The van der Waals surface area contributed by atoms with E-state index in [2.05, 4.69) is 17.3 Å². The van der Waals surface area contributed by atoms with E-state index in [0.29, 0.717) is 24.6 Å². The Kier molecular flexibility index (Phi) is 5.51. The second kappa shape index (κ2) is 7.59. The first-order valence-corrected chi connectivity index (χ1v) is 7.33. The minimum absolute atomic E-state index is 0.0901. The normalized spacial score (nSPS) is 12.1. The van der Waals surface area contributed by atoms with Gasteiger partial charge in [-0.3, -0.25) is 4.79 Å². The average Bonchev–Trinajstić information content (AvgIpc) is 3.02. The van der Waals surface area contributed by atoms with Gasteiger partial charge in [-0.1, -0.05) is 31.5 Å². The van der Waals surface area contributed by atoms with Crippen LogP contribution in [-0.2, 0) is 0 Å². The summed E-state index contributed by atoms with van der Waals surface area (Å²) in [7, 11) is 0. The van der Waals surface area contributed by atoms with Gasteiger partial charge in [0, 0.05) is 12.7 Å². The molecule has 5 heteroatoms. The van der Waals surface area contributed by atoms with Gasteiger partial charge in [-0.2, -0.15) is 5.10 Å². The molecule has 3 N–H and O–H groups in total. The Morgan fingerprint density at radius 2 is 2.14 bits per heavy atom. The average molecular weight is 286 g/mol. The van der Waals surface area contributed by atoms with Crippen molar-refractivity contribution in [3.63, 3.8) is 0 Å². The number of nitrogens with two attached hydrogens (primary N) is 1. The SMILES string of the molecule is CCC(CCN)CNC(=O)c1cnn(-c2ccccc2)c1. The minimum atomic E-state index is -0.0901. The lowest BCUT2D eigenvalue weighted by Crippen LogP contribution is -2.29. The minimum Gasteiger partial charge on any atom is -0.352 e. The van der Waals surface area contributed by atoms with Crippen molar-refractivity contribution in [3.05, 3.63) is 48.3 Å². The Bertz CT molecular complexity index is 565. The van der Waals surface area contributed by atoms with Crippen LogP contribution >= 0.6 is 0 Å². The van der Waals surface area contributed by atoms with Crippen molar-refractivity contribution in [1.29, 1.82) is 0 Å². The maximum atomic E-state index is 12.1. The molecule has 2 rings (SSSR count). The van der Waals surface area contributed by atoms with Crippen LogP contribution in [-0.4, -0.2) is 28.8 Å². The molecule has 112 valence electrons. The van der Waals surface area contributed by atoms with Gasteiger partial charge in [0.05, 0.1) is 17.4 Å². The van der Waals surface area contributed by atoms with E-state index in [1.165, 1.54) is 0 Å². The fourth-order valence-electron chi connectivity index (χ4n) is 2.19. The van der Waals surface area contributed by atoms with Crippen LogP contribution in [0.4, 0.5) is 0 Å². The summed E-state index contributed by atoms with van der Waals surface area (Å²) in [5.41, 5.74) is 7.07. The molecule has 0 aliphatic rings. The van der Waals surface area contributed by atoms with Crippen LogP contribution in [0.5, 0.6) is 0 Å². The molecule has 2 aromatic rings. The van der Waals surface area contributed by atoms with Crippen LogP contribution in [0.15, 0.2) is 42.7 Å². The first-order valence-electron chi connectivity index (χ1n) is 7.33. The third-order valence-corrected chi connectivity index (χ3v) is 3.57. The third kappa shape index (κ3) is 4.16. The fraction of sp³-hybridized carbons (Fsp3) is 0.375. The highest BCUT2D eigenvalue weighted by Crippen LogP contribution is 2.09. The molecule has 0 radical (unpaired) electrons. The molecule has 0 spiro atoms. The van der Waals surface area contributed by atoms with Gasteiger partial charge in [0.2, 0.25) is 0 Å². The van der Waals surface area contributed by atoms with E-state index in [0.717, 1.165) is 18.5 Å². The number of nitrogens with zero attached hydrogens (tertiary/aromatic N) is 2. The molecule has 1 amide bonds. The summed E-state index contributed by atoms with van der Waals surface area (Å²) in [5, 5.41) is 7.18. The number of benzene rings is 1. The zero-order valence-electron chi connectivity index (χ0n) is 12.3. The van der Waals surface area contributed by atoms with Gasteiger partial charge in [-0.05, 0) is 31.0 Å². The summed E-state index contributed by atoms with van der Waals surface area (Å²) in [6, 6.07) is 9.72. The molecule has 1 heterocycles. The van der Waals surface area contributed by atoms with Gasteiger partial charge in [0.15, 0.2) is 0 Å². The van der Waals surface area contributed by atoms with Gasteiger partial charge >= 0.3 is 0 Å². The van der Waals surface area contributed by atoms with Crippen molar-refractivity contribution in [2.45, 2.75) is 19.8 Å². The number of carbonyl (C=O) groups is 1. The van der Waals surface area contributed by atoms with Crippen LogP contribution in [0.2, 0.25) is 0 Å². The largest absolute Gasteiger partial charge is 0.352 e. The van der Waals surface area contributed by atoms with Crippen molar-refractivity contribution >= 4 is 5.91 Å². The number of para-hydroxylation sites is 1. The molecule has 5 nitrogen and oxygen atoms in total. The monoisotopic (exact) mass is 286 g/mol. The molecule has 0 saturated heterocycles. The second-order valence-electron chi connectivity index (χ2n) is 5.07. The lowest BCUT2D eigenvalue weighted by molar-refractivity contribution is 0.0946. The van der Waals surface area contributed by atoms with E-state index in [1.54, 1.807) is 17.1 Å². The summed E-state index contributed by atoms with van der Waals surface area (Å²) < 4.78 is 1.70. The molecule has 0 bridgehead atoms.